The van der Waals surface area contributed by atoms with E-state index in [2.05, 4.69) is 26.0 Å². The van der Waals surface area contributed by atoms with Gasteiger partial charge in [-0.3, -0.25) is 4.79 Å². The Kier molecular flexibility index (Phi) is 3.80. The van der Waals surface area contributed by atoms with Crippen molar-refractivity contribution in [3.05, 3.63) is 12.2 Å². The third-order valence-corrected chi connectivity index (χ3v) is 6.50. The van der Waals surface area contributed by atoms with Crippen molar-refractivity contribution in [2.75, 3.05) is 21.0 Å². The van der Waals surface area contributed by atoms with Crippen LogP contribution in [0.2, 0.25) is 0 Å². The minimum Gasteiger partial charge on any atom is -0.435 e. The summed E-state index contributed by atoms with van der Waals surface area (Å²) >= 11 is 0. The predicted molar refractivity (Wildman–Crippen MR) is 83.6 cm³/mol. The fourth-order valence-corrected chi connectivity index (χ4v) is 5.52. The summed E-state index contributed by atoms with van der Waals surface area (Å²) in [5.41, 5.74) is -0.731. The van der Waals surface area contributed by atoms with Crippen LogP contribution in [-0.2, 0) is 28.5 Å². The van der Waals surface area contributed by atoms with E-state index in [0.29, 0.717) is 0 Å². The first-order chi connectivity index (χ1) is 11.5. The first kappa shape index (κ1) is 16.5. The average molecular weight is 338 g/mol. The smallest absolute Gasteiger partial charge is 0.318 e. The molecule has 7 atom stereocenters. The number of esters is 1. The first-order valence-corrected chi connectivity index (χ1v) is 8.65. The third-order valence-electron chi connectivity index (χ3n) is 6.50. The lowest BCUT2D eigenvalue weighted by Gasteiger charge is -2.55. The van der Waals surface area contributed by atoms with Crippen LogP contribution in [0.1, 0.15) is 26.7 Å². The van der Waals surface area contributed by atoms with Crippen molar-refractivity contribution >= 4 is 5.97 Å². The number of allylic oxidation sites excluding steroid dienone is 1. The molecule has 6 nitrogen and oxygen atoms in total. The molecule has 0 bridgehead atoms. The highest BCUT2D eigenvalue weighted by atomic mass is 16.8. The Balaban J connectivity index is 1.82. The van der Waals surface area contributed by atoms with Gasteiger partial charge >= 0.3 is 5.97 Å². The second kappa shape index (κ2) is 5.53. The molecule has 2 aliphatic heterocycles. The molecule has 4 rings (SSSR count). The van der Waals surface area contributed by atoms with E-state index >= 15 is 0 Å². The highest BCUT2D eigenvalue weighted by molar-refractivity contribution is 5.82. The van der Waals surface area contributed by atoms with Crippen molar-refractivity contribution in [1.82, 2.24) is 0 Å². The van der Waals surface area contributed by atoms with Gasteiger partial charge in [0.2, 0.25) is 6.29 Å². The van der Waals surface area contributed by atoms with Crippen LogP contribution < -0.4 is 0 Å². The quantitative estimate of drug-likeness (QED) is 0.444. The minimum absolute atomic E-state index is 0.00486. The van der Waals surface area contributed by atoms with Gasteiger partial charge < -0.3 is 23.7 Å². The Labute approximate surface area is 142 Å². The molecule has 0 aromatic heterocycles. The van der Waals surface area contributed by atoms with E-state index in [1.807, 2.05) is 0 Å². The summed E-state index contributed by atoms with van der Waals surface area (Å²) in [6, 6.07) is 0. The topological polar surface area (TPSA) is 63.2 Å². The summed E-state index contributed by atoms with van der Waals surface area (Å²) in [6.07, 6.45) is 4.96. The van der Waals surface area contributed by atoms with E-state index < -0.39 is 11.7 Å². The lowest BCUT2D eigenvalue weighted by Crippen LogP contribution is -2.61. The maximum absolute atomic E-state index is 13.1. The molecule has 2 aliphatic carbocycles. The monoisotopic (exact) mass is 338 g/mol. The van der Waals surface area contributed by atoms with E-state index in [9.17, 15) is 4.79 Å². The van der Waals surface area contributed by atoms with E-state index in [1.165, 1.54) is 0 Å². The van der Waals surface area contributed by atoms with E-state index in [0.717, 1.165) is 12.8 Å². The highest BCUT2D eigenvalue weighted by Gasteiger charge is 2.75. The van der Waals surface area contributed by atoms with Crippen LogP contribution in [0.4, 0.5) is 0 Å². The zero-order chi connectivity index (χ0) is 17.1. The van der Waals surface area contributed by atoms with Crippen molar-refractivity contribution in [3.63, 3.8) is 0 Å². The maximum atomic E-state index is 13.1. The molecular formula is C18H26O6. The minimum atomic E-state index is -0.725. The SMILES string of the molecule is COCO[C@H]1CCC(C)(C)[C@@H]2C=C[C@H]3C4[C@@H](OC(=O)[C@]412)O[C@@H]3OC. The highest BCUT2D eigenvalue weighted by Crippen LogP contribution is 2.66. The molecule has 0 N–H and O–H groups in total. The van der Waals surface area contributed by atoms with Gasteiger partial charge in [0.25, 0.3) is 0 Å². The molecule has 24 heavy (non-hydrogen) atoms. The van der Waals surface area contributed by atoms with Crippen LogP contribution in [-0.4, -0.2) is 45.7 Å². The first-order valence-electron chi connectivity index (χ1n) is 8.65. The van der Waals surface area contributed by atoms with Crippen LogP contribution in [0.25, 0.3) is 0 Å². The Hall–Kier alpha value is -0.950. The number of carbonyl (C=O) groups is 1. The molecule has 1 unspecified atom stereocenters. The summed E-state index contributed by atoms with van der Waals surface area (Å²) in [6.45, 7) is 4.62. The van der Waals surface area contributed by atoms with Crippen LogP contribution in [0.15, 0.2) is 12.2 Å². The standard InChI is InChI=1S/C18H26O6/c1-17(2)8-7-12(22-9-20-3)18-11(17)6-5-10-13(18)15(24-16(18)19)23-14(10)21-4/h5-6,10-15H,7-9H2,1-4H3/t10-,11-,12-,13?,14-,15+,18-/m0/s1. The molecule has 1 saturated carbocycles. The lowest BCUT2D eigenvalue weighted by atomic mass is 9.47. The van der Waals surface area contributed by atoms with E-state index in [1.54, 1.807) is 14.2 Å². The maximum Gasteiger partial charge on any atom is 0.318 e. The number of rotatable bonds is 4. The van der Waals surface area contributed by atoms with Gasteiger partial charge in [-0.15, -0.1) is 0 Å². The van der Waals surface area contributed by atoms with Crippen molar-refractivity contribution in [3.8, 4) is 0 Å². The molecule has 0 aromatic carbocycles. The van der Waals surface area contributed by atoms with E-state index in [-0.39, 0.29) is 48.3 Å². The van der Waals surface area contributed by atoms with Gasteiger partial charge in [-0.1, -0.05) is 26.0 Å². The van der Waals surface area contributed by atoms with Gasteiger partial charge in [-0.2, -0.15) is 0 Å². The van der Waals surface area contributed by atoms with Gasteiger partial charge in [0.15, 0.2) is 6.29 Å². The van der Waals surface area contributed by atoms with Crippen molar-refractivity contribution in [2.45, 2.75) is 45.4 Å². The summed E-state index contributed by atoms with van der Waals surface area (Å²) in [7, 11) is 3.23. The number of hydrogen-bond acceptors (Lipinski definition) is 6. The Bertz CT molecular complexity index is 558. The summed E-state index contributed by atoms with van der Waals surface area (Å²) in [4.78, 5) is 13.1. The van der Waals surface area contributed by atoms with Crippen molar-refractivity contribution in [1.29, 1.82) is 0 Å². The zero-order valence-electron chi connectivity index (χ0n) is 14.7. The van der Waals surface area contributed by atoms with Gasteiger partial charge in [-0.05, 0) is 18.3 Å². The molecule has 0 amide bonds. The summed E-state index contributed by atoms with van der Waals surface area (Å²) in [5, 5.41) is 0. The van der Waals surface area contributed by atoms with Crippen LogP contribution >= 0.6 is 0 Å². The van der Waals surface area contributed by atoms with Crippen LogP contribution in [0.5, 0.6) is 0 Å². The molecule has 4 aliphatic rings. The second-order valence-electron chi connectivity index (χ2n) is 8.00. The molecule has 2 saturated heterocycles. The average Bonchev–Trinajstić information content (AvgIpc) is 3.05. The summed E-state index contributed by atoms with van der Waals surface area (Å²) < 4.78 is 28.2. The molecule has 3 fully saturated rings. The van der Waals surface area contributed by atoms with Gasteiger partial charge in [0, 0.05) is 26.1 Å². The predicted octanol–water partition coefficient (Wildman–Crippen LogP) is 2.09. The lowest BCUT2D eigenvalue weighted by molar-refractivity contribution is -0.209. The van der Waals surface area contributed by atoms with Gasteiger partial charge in [0.1, 0.15) is 12.2 Å². The summed E-state index contributed by atoms with van der Waals surface area (Å²) in [5.74, 6) is -0.213. The number of carbonyl (C=O) groups excluding carboxylic acids is 1. The van der Waals surface area contributed by atoms with Gasteiger partial charge in [-0.25, -0.2) is 0 Å². The van der Waals surface area contributed by atoms with Crippen LogP contribution in [0.3, 0.4) is 0 Å². The fraction of sp³-hybridized carbons (Fsp3) is 0.833. The molecule has 6 heteroatoms. The number of methoxy groups -OCH3 is 2. The molecule has 1 spiro atoms. The number of ether oxygens (including phenoxy) is 5. The number of hydrogen-bond donors (Lipinski definition) is 0. The Morgan fingerprint density at radius 2 is 2.08 bits per heavy atom. The Morgan fingerprint density at radius 1 is 1.29 bits per heavy atom. The second-order valence-corrected chi connectivity index (χ2v) is 8.00. The van der Waals surface area contributed by atoms with Crippen molar-refractivity contribution in [2.24, 2.45) is 28.6 Å². The van der Waals surface area contributed by atoms with Crippen LogP contribution in [0, 0.1) is 28.6 Å². The third kappa shape index (κ3) is 1.94. The van der Waals surface area contributed by atoms with Crippen molar-refractivity contribution < 1.29 is 28.5 Å². The molecular weight excluding hydrogens is 312 g/mol. The normalized spacial score (nSPS) is 48.1. The molecule has 0 aromatic rings. The van der Waals surface area contributed by atoms with Gasteiger partial charge in [0.05, 0.1) is 12.0 Å². The largest absolute Gasteiger partial charge is 0.435 e. The molecule has 0 radical (unpaired) electrons. The Morgan fingerprint density at radius 3 is 2.79 bits per heavy atom. The van der Waals surface area contributed by atoms with E-state index in [4.69, 9.17) is 23.7 Å². The fourth-order valence-electron chi connectivity index (χ4n) is 5.52. The molecule has 2 heterocycles. The molecule has 134 valence electrons. The zero-order valence-corrected chi connectivity index (χ0v) is 14.7.